The summed E-state index contributed by atoms with van der Waals surface area (Å²) in [6.45, 7) is 2.80. The number of carbonyl (C=O) groups excluding carboxylic acids is 2. The van der Waals surface area contributed by atoms with Crippen LogP contribution in [0, 0.1) is 0 Å². The summed E-state index contributed by atoms with van der Waals surface area (Å²) in [6.07, 6.45) is 1.04. The van der Waals surface area contributed by atoms with Crippen molar-refractivity contribution in [1.29, 1.82) is 0 Å². The summed E-state index contributed by atoms with van der Waals surface area (Å²) in [7, 11) is 3.39. The molecule has 21 heavy (non-hydrogen) atoms. The van der Waals surface area contributed by atoms with Crippen molar-refractivity contribution in [1.82, 2.24) is 4.90 Å². The molecule has 0 radical (unpaired) electrons. The zero-order valence-electron chi connectivity index (χ0n) is 12.8. The first-order valence-corrected chi connectivity index (χ1v) is 6.96. The molecule has 1 aromatic rings. The Bertz CT molecular complexity index is 501. The molecule has 0 aromatic heterocycles. The van der Waals surface area contributed by atoms with Gasteiger partial charge in [0.25, 0.3) is 5.91 Å². The van der Waals surface area contributed by atoms with Crippen LogP contribution in [0.3, 0.4) is 0 Å². The lowest BCUT2D eigenvalue weighted by Gasteiger charge is -2.13. The maximum Gasteiger partial charge on any atom is 0.305 e. The van der Waals surface area contributed by atoms with Crippen molar-refractivity contribution < 1.29 is 14.3 Å². The second kappa shape index (κ2) is 8.14. The average molecular weight is 293 g/mol. The van der Waals surface area contributed by atoms with E-state index in [4.69, 9.17) is 10.5 Å². The maximum atomic E-state index is 11.8. The van der Waals surface area contributed by atoms with Crippen LogP contribution < -0.4 is 11.1 Å². The molecule has 0 aliphatic rings. The highest BCUT2D eigenvalue weighted by atomic mass is 16.5. The van der Waals surface area contributed by atoms with Crippen LogP contribution in [0.4, 0.5) is 11.4 Å². The summed E-state index contributed by atoms with van der Waals surface area (Å²) in [6, 6.07) is 5.15. The van der Waals surface area contributed by atoms with Crippen LogP contribution in [0.1, 0.15) is 30.1 Å². The lowest BCUT2D eigenvalue weighted by Crippen LogP contribution is -2.21. The predicted molar refractivity (Wildman–Crippen MR) is 83.2 cm³/mol. The Morgan fingerprint density at radius 3 is 2.62 bits per heavy atom. The van der Waals surface area contributed by atoms with Gasteiger partial charge in [0.1, 0.15) is 0 Å². The van der Waals surface area contributed by atoms with E-state index in [1.54, 1.807) is 39.2 Å². The topological polar surface area (TPSA) is 84.7 Å². The largest absolute Gasteiger partial charge is 0.466 e. The molecule has 6 nitrogen and oxygen atoms in total. The Hall–Kier alpha value is -2.24. The van der Waals surface area contributed by atoms with Crippen LogP contribution in [-0.2, 0) is 9.53 Å². The first kappa shape index (κ1) is 16.8. The third-order valence-corrected chi connectivity index (χ3v) is 2.88. The van der Waals surface area contributed by atoms with Crippen LogP contribution in [0.2, 0.25) is 0 Å². The van der Waals surface area contributed by atoms with Crippen molar-refractivity contribution in [3.8, 4) is 0 Å². The number of nitrogens with two attached hydrogens (primary N) is 1. The van der Waals surface area contributed by atoms with Crippen LogP contribution in [0.15, 0.2) is 18.2 Å². The Morgan fingerprint density at radius 1 is 1.33 bits per heavy atom. The first-order valence-electron chi connectivity index (χ1n) is 6.96. The van der Waals surface area contributed by atoms with E-state index < -0.39 is 0 Å². The van der Waals surface area contributed by atoms with Gasteiger partial charge in [-0.25, -0.2) is 0 Å². The highest BCUT2D eigenvalue weighted by Crippen LogP contribution is 2.20. The third kappa shape index (κ3) is 5.33. The van der Waals surface area contributed by atoms with Gasteiger partial charge in [0.15, 0.2) is 0 Å². The van der Waals surface area contributed by atoms with Gasteiger partial charge in [-0.1, -0.05) is 0 Å². The number of esters is 1. The number of amides is 1. The summed E-state index contributed by atoms with van der Waals surface area (Å²) in [5.41, 5.74) is 7.75. The molecule has 1 amide bonds. The lowest BCUT2D eigenvalue weighted by atomic mass is 10.1. The Kier molecular flexibility index (Phi) is 6.52. The van der Waals surface area contributed by atoms with Gasteiger partial charge in [-0.2, -0.15) is 0 Å². The van der Waals surface area contributed by atoms with Crippen LogP contribution in [-0.4, -0.2) is 44.0 Å². The van der Waals surface area contributed by atoms with E-state index in [9.17, 15) is 9.59 Å². The van der Waals surface area contributed by atoms with Gasteiger partial charge in [-0.15, -0.1) is 0 Å². The number of benzene rings is 1. The van der Waals surface area contributed by atoms with E-state index in [2.05, 4.69) is 5.32 Å². The highest BCUT2D eigenvalue weighted by molar-refractivity contribution is 5.95. The molecule has 1 aromatic carbocycles. The van der Waals surface area contributed by atoms with Gasteiger partial charge in [-0.3, -0.25) is 9.59 Å². The van der Waals surface area contributed by atoms with Gasteiger partial charge in [0, 0.05) is 32.6 Å². The fourth-order valence-corrected chi connectivity index (χ4v) is 1.80. The maximum absolute atomic E-state index is 11.8. The van der Waals surface area contributed by atoms with E-state index in [1.807, 2.05) is 0 Å². The Balaban J connectivity index is 2.50. The monoisotopic (exact) mass is 293 g/mol. The van der Waals surface area contributed by atoms with E-state index in [0.29, 0.717) is 37.2 Å². The quantitative estimate of drug-likeness (QED) is 0.454. The fraction of sp³-hybridized carbons (Fsp3) is 0.467. The molecule has 1 rings (SSSR count). The highest BCUT2D eigenvalue weighted by Gasteiger charge is 2.10. The van der Waals surface area contributed by atoms with Crippen molar-refractivity contribution in [2.45, 2.75) is 19.8 Å². The lowest BCUT2D eigenvalue weighted by molar-refractivity contribution is -0.143. The number of nitrogen functional groups attached to an aromatic ring is 1. The molecular weight excluding hydrogens is 270 g/mol. The number of ether oxygens (including phenoxy) is 1. The number of carbonyl (C=O) groups is 2. The SMILES string of the molecule is CCOC(=O)CCCNc1ccc(C(=O)N(C)C)cc1N. The predicted octanol–water partition coefficient (Wildman–Crippen LogP) is 1.73. The normalized spacial score (nSPS) is 10.0. The minimum absolute atomic E-state index is 0.0874. The minimum atomic E-state index is -0.195. The van der Waals surface area contributed by atoms with Gasteiger partial charge in [0.05, 0.1) is 18.0 Å². The molecule has 0 spiro atoms. The van der Waals surface area contributed by atoms with Crippen LogP contribution in [0.5, 0.6) is 0 Å². The van der Waals surface area contributed by atoms with Crippen molar-refractivity contribution in [3.63, 3.8) is 0 Å². The number of hydrogen-bond donors (Lipinski definition) is 2. The molecule has 6 heteroatoms. The number of rotatable bonds is 7. The van der Waals surface area contributed by atoms with Crippen LogP contribution in [0.25, 0.3) is 0 Å². The molecule has 116 valence electrons. The molecule has 3 N–H and O–H groups in total. The number of hydrogen-bond acceptors (Lipinski definition) is 5. The van der Waals surface area contributed by atoms with Gasteiger partial charge in [0.2, 0.25) is 0 Å². The zero-order chi connectivity index (χ0) is 15.8. The van der Waals surface area contributed by atoms with Crippen molar-refractivity contribution in [2.24, 2.45) is 0 Å². The molecule has 0 bridgehead atoms. The van der Waals surface area contributed by atoms with E-state index >= 15 is 0 Å². The first-order chi connectivity index (χ1) is 9.95. The summed E-state index contributed by atoms with van der Waals surface area (Å²) in [5.74, 6) is -0.283. The second-order valence-electron chi connectivity index (χ2n) is 4.84. The van der Waals surface area contributed by atoms with Crippen molar-refractivity contribution >= 4 is 23.3 Å². The summed E-state index contributed by atoms with van der Waals surface area (Å²) < 4.78 is 4.85. The van der Waals surface area contributed by atoms with Gasteiger partial charge < -0.3 is 20.7 Å². The van der Waals surface area contributed by atoms with Gasteiger partial charge in [-0.05, 0) is 31.5 Å². The summed E-state index contributed by atoms with van der Waals surface area (Å²) in [5, 5.41) is 3.15. The number of nitrogens with one attached hydrogen (secondary N) is 1. The molecule has 0 fully saturated rings. The van der Waals surface area contributed by atoms with E-state index in [-0.39, 0.29) is 11.9 Å². The van der Waals surface area contributed by atoms with E-state index in [1.165, 1.54) is 4.90 Å². The molecule has 0 atom stereocenters. The molecule has 0 aliphatic carbocycles. The smallest absolute Gasteiger partial charge is 0.305 e. The van der Waals surface area contributed by atoms with Crippen molar-refractivity contribution in [3.05, 3.63) is 23.8 Å². The Labute approximate surface area is 125 Å². The molecule has 0 aliphatic heterocycles. The summed E-state index contributed by atoms with van der Waals surface area (Å²) in [4.78, 5) is 24.5. The average Bonchev–Trinajstić information content (AvgIpc) is 2.44. The van der Waals surface area contributed by atoms with Gasteiger partial charge >= 0.3 is 5.97 Å². The van der Waals surface area contributed by atoms with E-state index in [0.717, 1.165) is 5.69 Å². The third-order valence-electron chi connectivity index (χ3n) is 2.88. The summed E-state index contributed by atoms with van der Waals surface area (Å²) >= 11 is 0. The second-order valence-corrected chi connectivity index (χ2v) is 4.84. The zero-order valence-corrected chi connectivity index (χ0v) is 12.8. The molecular formula is C15H23N3O3. The van der Waals surface area contributed by atoms with Crippen molar-refractivity contribution in [2.75, 3.05) is 38.3 Å². The standard InChI is InChI=1S/C15H23N3O3/c1-4-21-14(19)6-5-9-17-13-8-7-11(10-12(13)16)15(20)18(2)3/h7-8,10,17H,4-6,9,16H2,1-3H3. The molecule has 0 saturated carbocycles. The molecule has 0 unspecified atom stereocenters. The minimum Gasteiger partial charge on any atom is -0.466 e. The fourth-order valence-electron chi connectivity index (χ4n) is 1.80. The Morgan fingerprint density at radius 2 is 2.05 bits per heavy atom. The molecule has 0 saturated heterocycles. The molecule has 0 heterocycles. The number of nitrogens with zero attached hydrogens (tertiary/aromatic N) is 1. The van der Waals surface area contributed by atoms with Crippen LogP contribution >= 0.6 is 0 Å². The number of anilines is 2.